The van der Waals surface area contributed by atoms with Crippen LogP contribution in [0.1, 0.15) is 26.2 Å². The highest BCUT2D eigenvalue weighted by atomic mass is 16.5. The smallest absolute Gasteiger partial charge is 0.0472 e. The maximum atomic E-state index is 5.61. The Morgan fingerprint density at radius 2 is 2.30 bits per heavy atom. The molecule has 1 heterocycles. The van der Waals surface area contributed by atoms with E-state index in [4.69, 9.17) is 4.74 Å². The Hall–Kier alpha value is -0.0800. The summed E-state index contributed by atoms with van der Waals surface area (Å²) in [5.74, 6) is 0. The fraction of sp³-hybridized carbons (Fsp3) is 1.00. The van der Waals surface area contributed by atoms with Gasteiger partial charge in [-0.1, -0.05) is 0 Å². The van der Waals surface area contributed by atoms with Gasteiger partial charge in [-0.05, 0) is 26.2 Å². The van der Waals surface area contributed by atoms with Gasteiger partial charge < -0.3 is 10.1 Å². The Balaban J connectivity index is 2.32. The van der Waals surface area contributed by atoms with Gasteiger partial charge in [0.25, 0.3) is 0 Å². The van der Waals surface area contributed by atoms with Crippen LogP contribution >= 0.6 is 0 Å². The van der Waals surface area contributed by atoms with Crippen LogP contribution in [0.15, 0.2) is 0 Å². The number of nitrogens with zero attached hydrogens (tertiary/aromatic N) is 1. The summed E-state index contributed by atoms with van der Waals surface area (Å²) in [5.41, 5.74) is 0.0625. The largest absolute Gasteiger partial charge is 0.663 e. The normalized spacial score (nSPS) is 34.2. The topological polar surface area (TPSA) is 23.3 Å². The summed E-state index contributed by atoms with van der Waals surface area (Å²) in [6.07, 6.45) is 3.69. The summed E-state index contributed by atoms with van der Waals surface area (Å²) in [5, 5.41) is 4.11. The van der Waals surface area contributed by atoms with Crippen molar-refractivity contribution in [2.45, 2.75) is 31.8 Å². The van der Waals surface area contributed by atoms with Gasteiger partial charge >= 0.3 is 0 Å². The molecule has 1 unspecified atom stereocenters. The van der Waals surface area contributed by atoms with E-state index in [9.17, 15) is 0 Å². The summed E-state index contributed by atoms with van der Waals surface area (Å²) in [4.78, 5) is 0. The summed E-state index contributed by atoms with van der Waals surface area (Å²) in [7, 11) is 1.85. The predicted molar refractivity (Wildman–Crippen MR) is 42.4 cm³/mol. The Labute approximate surface area is 63.0 Å². The summed E-state index contributed by atoms with van der Waals surface area (Å²) >= 11 is 0. The SMILES string of the molecule is C[N-]CC1(C)CCCCO1. The third kappa shape index (κ3) is 1.96. The molecule has 1 atom stereocenters. The summed E-state index contributed by atoms with van der Waals surface area (Å²) < 4.78 is 5.61. The van der Waals surface area contributed by atoms with E-state index < -0.39 is 0 Å². The number of hydrogen-bond acceptors (Lipinski definition) is 1. The van der Waals surface area contributed by atoms with Crippen molar-refractivity contribution < 1.29 is 4.74 Å². The van der Waals surface area contributed by atoms with Crippen molar-refractivity contribution in [1.82, 2.24) is 0 Å². The van der Waals surface area contributed by atoms with E-state index >= 15 is 0 Å². The number of likely N-dealkylation sites (N-methyl/N-ethyl adjacent to an activating group) is 1. The third-order valence-electron chi connectivity index (χ3n) is 2.04. The van der Waals surface area contributed by atoms with Crippen LogP contribution in [0.4, 0.5) is 0 Å². The van der Waals surface area contributed by atoms with Crippen molar-refractivity contribution in [3.05, 3.63) is 5.32 Å². The van der Waals surface area contributed by atoms with Crippen LogP contribution in [0.25, 0.3) is 5.32 Å². The molecule has 0 aromatic carbocycles. The van der Waals surface area contributed by atoms with E-state index in [1.165, 1.54) is 19.3 Å². The van der Waals surface area contributed by atoms with Crippen molar-refractivity contribution in [2.75, 3.05) is 20.2 Å². The van der Waals surface area contributed by atoms with Gasteiger partial charge in [0.15, 0.2) is 0 Å². The van der Waals surface area contributed by atoms with Gasteiger partial charge in [0, 0.05) is 12.2 Å². The molecule has 1 saturated heterocycles. The maximum absolute atomic E-state index is 5.61. The quantitative estimate of drug-likeness (QED) is 0.578. The van der Waals surface area contributed by atoms with Crippen molar-refractivity contribution in [2.24, 2.45) is 0 Å². The highest BCUT2D eigenvalue weighted by molar-refractivity contribution is 4.89. The summed E-state index contributed by atoms with van der Waals surface area (Å²) in [6.45, 7) is 3.93. The standard InChI is InChI=1S/C8H16NO/c1-8(7-9-2)5-3-4-6-10-8/h3-7H2,1-2H3/q-1. The van der Waals surface area contributed by atoms with Crippen LogP contribution in [-0.2, 0) is 4.74 Å². The molecule has 10 heavy (non-hydrogen) atoms. The van der Waals surface area contributed by atoms with E-state index in [0.717, 1.165) is 13.2 Å². The first kappa shape index (κ1) is 8.02. The number of rotatable bonds is 2. The monoisotopic (exact) mass is 142 g/mol. The van der Waals surface area contributed by atoms with Crippen molar-refractivity contribution in [3.63, 3.8) is 0 Å². The molecule has 1 aliphatic rings. The van der Waals surface area contributed by atoms with E-state index in [2.05, 4.69) is 12.2 Å². The molecule has 0 spiro atoms. The molecular weight excluding hydrogens is 126 g/mol. The molecule has 0 aromatic heterocycles. The van der Waals surface area contributed by atoms with Gasteiger partial charge in [-0.2, -0.15) is 7.05 Å². The molecule has 2 nitrogen and oxygen atoms in total. The molecule has 1 fully saturated rings. The van der Waals surface area contributed by atoms with Crippen LogP contribution in [-0.4, -0.2) is 25.8 Å². The molecule has 0 saturated carbocycles. The zero-order valence-corrected chi connectivity index (χ0v) is 6.89. The first-order chi connectivity index (χ1) is 4.77. The highest BCUT2D eigenvalue weighted by Gasteiger charge is 2.22. The molecule has 0 amide bonds. The zero-order valence-electron chi connectivity index (χ0n) is 6.89. The summed E-state index contributed by atoms with van der Waals surface area (Å²) in [6, 6.07) is 0. The Morgan fingerprint density at radius 3 is 2.80 bits per heavy atom. The predicted octanol–water partition coefficient (Wildman–Crippen LogP) is 1.95. The van der Waals surface area contributed by atoms with Gasteiger partial charge in [0.05, 0.1) is 0 Å². The Morgan fingerprint density at radius 1 is 1.50 bits per heavy atom. The molecule has 0 aliphatic carbocycles. The lowest BCUT2D eigenvalue weighted by atomic mass is 9.96. The second-order valence-corrected chi connectivity index (χ2v) is 3.23. The fourth-order valence-electron chi connectivity index (χ4n) is 1.45. The average Bonchev–Trinajstić information content (AvgIpc) is 1.89. The molecular formula is C8H16NO-. The first-order valence-corrected chi connectivity index (χ1v) is 3.96. The average molecular weight is 142 g/mol. The Kier molecular flexibility index (Phi) is 2.69. The van der Waals surface area contributed by atoms with Crippen molar-refractivity contribution in [3.8, 4) is 0 Å². The molecule has 2 heteroatoms. The van der Waals surface area contributed by atoms with Gasteiger partial charge in [0.2, 0.25) is 0 Å². The van der Waals surface area contributed by atoms with E-state index in [0.29, 0.717) is 0 Å². The van der Waals surface area contributed by atoms with Crippen molar-refractivity contribution in [1.29, 1.82) is 0 Å². The molecule has 60 valence electrons. The second-order valence-electron chi connectivity index (χ2n) is 3.23. The maximum Gasteiger partial charge on any atom is 0.0472 e. The number of ether oxygens (including phenoxy) is 1. The fourth-order valence-corrected chi connectivity index (χ4v) is 1.45. The molecule has 0 aromatic rings. The minimum absolute atomic E-state index is 0.0625. The van der Waals surface area contributed by atoms with Crippen LogP contribution in [0, 0.1) is 0 Å². The zero-order chi connectivity index (χ0) is 7.45. The first-order valence-electron chi connectivity index (χ1n) is 3.96. The van der Waals surface area contributed by atoms with E-state index in [1.54, 1.807) is 0 Å². The van der Waals surface area contributed by atoms with Crippen LogP contribution in [0.3, 0.4) is 0 Å². The lowest BCUT2D eigenvalue weighted by molar-refractivity contribution is -0.0538. The molecule has 0 bridgehead atoms. The van der Waals surface area contributed by atoms with Gasteiger partial charge in [-0.15, -0.1) is 6.54 Å². The highest BCUT2D eigenvalue weighted by Crippen LogP contribution is 2.25. The number of hydrogen-bond donors (Lipinski definition) is 0. The van der Waals surface area contributed by atoms with Gasteiger partial charge in [-0.3, -0.25) is 0 Å². The minimum atomic E-state index is 0.0625. The molecule has 1 rings (SSSR count). The second kappa shape index (κ2) is 3.35. The molecule has 0 radical (unpaired) electrons. The van der Waals surface area contributed by atoms with E-state index in [-0.39, 0.29) is 5.60 Å². The van der Waals surface area contributed by atoms with Gasteiger partial charge in [-0.25, -0.2) is 0 Å². The van der Waals surface area contributed by atoms with Crippen LogP contribution in [0.5, 0.6) is 0 Å². The third-order valence-corrected chi connectivity index (χ3v) is 2.04. The minimum Gasteiger partial charge on any atom is -0.663 e. The molecule has 0 N–H and O–H groups in total. The van der Waals surface area contributed by atoms with Crippen molar-refractivity contribution >= 4 is 0 Å². The Bertz CT molecular complexity index is 91.9. The van der Waals surface area contributed by atoms with Crippen LogP contribution in [0.2, 0.25) is 0 Å². The lowest BCUT2D eigenvalue weighted by Crippen LogP contribution is -2.36. The van der Waals surface area contributed by atoms with Crippen LogP contribution < -0.4 is 0 Å². The molecule has 1 aliphatic heterocycles. The lowest BCUT2D eigenvalue weighted by Gasteiger charge is -2.38. The van der Waals surface area contributed by atoms with Gasteiger partial charge in [0.1, 0.15) is 0 Å². The van der Waals surface area contributed by atoms with E-state index in [1.807, 2.05) is 7.05 Å².